The van der Waals surface area contributed by atoms with Crippen molar-refractivity contribution in [3.05, 3.63) is 72.4 Å². The second-order valence-electron chi connectivity index (χ2n) is 6.73. The van der Waals surface area contributed by atoms with Crippen LogP contribution < -0.4 is 9.08 Å². The van der Waals surface area contributed by atoms with E-state index >= 15 is 0 Å². The normalized spacial score (nSPS) is 13.4. The third kappa shape index (κ3) is 2.58. The Morgan fingerprint density at radius 1 is 1.00 bits per heavy atom. The number of aromatic nitrogens is 1. The first-order valence-electron chi connectivity index (χ1n) is 9.17. The number of carbonyl (C=O) groups excluding carboxylic acids is 1. The van der Waals surface area contributed by atoms with E-state index in [-0.39, 0.29) is 16.6 Å². The molecule has 1 aromatic heterocycles. The van der Waals surface area contributed by atoms with E-state index in [9.17, 15) is 13.2 Å². The summed E-state index contributed by atoms with van der Waals surface area (Å²) in [5.74, 6) is 0.0411. The van der Waals surface area contributed by atoms with Crippen LogP contribution in [0.15, 0.2) is 71.8 Å². The Kier molecular flexibility index (Phi) is 3.82. The van der Waals surface area contributed by atoms with Crippen molar-refractivity contribution in [2.45, 2.75) is 11.8 Å². The number of benzene rings is 3. The predicted molar refractivity (Wildman–Crippen MR) is 111 cm³/mol. The maximum Gasteiger partial charge on any atom is 0.339 e. The molecule has 0 radical (unpaired) electrons. The molecule has 29 heavy (non-hydrogen) atoms. The average Bonchev–Trinajstić information content (AvgIpc) is 3.01. The third-order valence-electron chi connectivity index (χ3n) is 5.13. The molecule has 2 heterocycles. The molecule has 7 heteroatoms. The minimum atomic E-state index is -4.15. The van der Waals surface area contributed by atoms with Crippen molar-refractivity contribution in [3.8, 4) is 5.75 Å². The van der Waals surface area contributed by atoms with Crippen LogP contribution in [0.3, 0.4) is 0 Å². The molecule has 5 rings (SSSR count). The summed E-state index contributed by atoms with van der Waals surface area (Å²) < 4.78 is 31.9. The van der Waals surface area contributed by atoms with Crippen molar-refractivity contribution in [1.29, 1.82) is 0 Å². The van der Waals surface area contributed by atoms with Gasteiger partial charge in [0.05, 0.1) is 5.69 Å². The smallest absolute Gasteiger partial charge is 0.339 e. The maximum atomic E-state index is 13.2. The van der Waals surface area contributed by atoms with Gasteiger partial charge in [-0.3, -0.25) is 9.78 Å². The molecule has 3 aromatic carbocycles. The van der Waals surface area contributed by atoms with Crippen molar-refractivity contribution in [1.82, 2.24) is 4.98 Å². The highest BCUT2D eigenvalue weighted by Crippen LogP contribution is 2.40. The van der Waals surface area contributed by atoms with Gasteiger partial charge in [-0.25, -0.2) is 0 Å². The van der Waals surface area contributed by atoms with Gasteiger partial charge in [0.1, 0.15) is 10.4 Å². The van der Waals surface area contributed by atoms with Crippen molar-refractivity contribution < 1.29 is 17.4 Å². The van der Waals surface area contributed by atoms with Crippen molar-refractivity contribution >= 4 is 43.4 Å². The van der Waals surface area contributed by atoms with E-state index in [1.54, 1.807) is 53.6 Å². The van der Waals surface area contributed by atoms with E-state index in [1.807, 2.05) is 19.1 Å². The van der Waals surface area contributed by atoms with E-state index in [0.717, 1.165) is 5.39 Å². The monoisotopic (exact) mass is 404 g/mol. The SMILES string of the molecule is CCN1C(=O)c2cccc3c(S(=O)(=O)Oc4cccc5cccnc45)ccc1c23. The molecule has 0 bridgehead atoms. The number of pyridine rings is 1. The number of fused-ring (bicyclic) bond motifs is 1. The van der Waals surface area contributed by atoms with Crippen LogP contribution >= 0.6 is 0 Å². The number of hydrogen-bond donors (Lipinski definition) is 0. The minimum absolute atomic E-state index is 0.0248. The molecule has 0 saturated carbocycles. The zero-order valence-electron chi connectivity index (χ0n) is 15.5. The maximum absolute atomic E-state index is 13.2. The summed E-state index contributed by atoms with van der Waals surface area (Å²) in [6.45, 7) is 2.39. The first-order valence-corrected chi connectivity index (χ1v) is 10.6. The molecule has 1 aliphatic heterocycles. The van der Waals surface area contributed by atoms with Crippen LogP contribution in [-0.2, 0) is 10.1 Å². The Hall–Kier alpha value is -3.45. The lowest BCUT2D eigenvalue weighted by atomic mass is 10.1. The molecule has 0 atom stereocenters. The number of hydrogen-bond acceptors (Lipinski definition) is 5. The van der Waals surface area contributed by atoms with Gasteiger partial charge in [0.2, 0.25) is 0 Å². The molecule has 1 amide bonds. The van der Waals surface area contributed by atoms with Crippen LogP contribution in [0.1, 0.15) is 17.3 Å². The van der Waals surface area contributed by atoms with Gasteiger partial charge in [0.25, 0.3) is 5.91 Å². The number of para-hydroxylation sites is 1. The van der Waals surface area contributed by atoms with Crippen LogP contribution in [0, 0.1) is 0 Å². The summed E-state index contributed by atoms with van der Waals surface area (Å²) in [6, 6.07) is 17.0. The Balaban J connectivity index is 1.68. The summed E-state index contributed by atoms with van der Waals surface area (Å²) in [7, 11) is -4.15. The molecule has 0 aliphatic carbocycles. The number of anilines is 1. The topological polar surface area (TPSA) is 76.6 Å². The van der Waals surface area contributed by atoms with E-state index < -0.39 is 10.1 Å². The van der Waals surface area contributed by atoms with Crippen LogP contribution in [0.25, 0.3) is 21.7 Å². The highest BCUT2D eigenvalue weighted by molar-refractivity contribution is 7.87. The van der Waals surface area contributed by atoms with Crippen molar-refractivity contribution in [2.75, 3.05) is 11.4 Å². The Morgan fingerprint density at radius 3 is 2.62 bits per heavy atom. The lowest BCUT2D eigenvalue weighted by Gasteiger charge is -2.15. The first-order chi connectivity index (χ1) is 14.0. The van der Waals surface area contributed by atoms with E-state index in [1.165, 1.54) is 6.07 Å². The average molecular weight is 404 g/mol. The van der Waals surface area contributed by atoms with Gasteiger partial charge in [-0.15, -0.1) is 0 Å². The number of amides is 1. The van der Waals surface area contributed by atoms with Gasteiger partial charge in [-0.2, -0.15) is 8.42 Å². The van der Waals surface area contributed by atoms with E-state index in [2.05, 4.69) is 4.98 Å². The minimum Gasteiger partial charge on any atom is -0.377 e. The largest absolute Gasteiger partial charge is 0.377 e. The molecular formula is C22H16N2O4S. The molecule has 1 aliphatic rings. The van der Waals surface area contributed by atoms with E-state index in [0.29, 0.717) is 34.1 Å². The van der Waals surface area contributed by atoms with Crippen LogP contribution in [0.5, 0.6) is 5.75 Å². The van der Waals surface area contributed by atoms with Crippen LogP contribution in [0.2, 0.25) is 0 Å². The zero-order valence-corrected chi connectivity index (χ0v) is 16.3. The van der Waals surface area contributed by atoms with Gasteiger partial charge in [0, 0.05) is 34.5 Å². The van der Waals surface area contributed by atoms with Gasteiger partial charge in [-0.1, -0.05) is 30.3 Å². The lowest BCUT2D eigenvalue weighted by Crippen LogP contribution is -2.25. The summed E-state index contributed by atoms with van der Waals surface area (Å²) in [5, 5.41) is 1.89. The number of rotatable bonds is 4. The Morgan fingerprint density at radius 2 is 1.79 bits per heavy atom. The fourth-order valence-corrected chi connectivity index (χ4v) is 4.99. The van der Waals surface area contributed by atoms with Crippen molar-refractivity contribution in [3.63, 3.8) is 0 Å². The molecule has 0 N–H and O–H groups in total. The molecule has 0 saturated heterocycles. The van der Waals surface area contributed by atoms with E-state index in [4.69, 9.17) is 4.18 Å². The second kappa shape index (κ2) is 6.28. The molecular weight excluding hydrogens is 388 g/mol. The highest BCUT2D eigenvalue weighted by Gasteiger charge is 2.32. The summed E-state index contributed by atoms with van der Waals surface area (Å²) in [4.78, 5) is 18.6. The second-order valence-corrected chi connectivity index (χ2v) is 8.24. The fourth-order valence-electron chi connectivity index (χ4n) is 3.86. The standard InChI is InChI=1S/C22H16N2O4S/c1-2-24-17-11-12-19(15-8-4-9-16(20(15)17)22(24)25)29(26,27)28-18-10-3-6-14-7-5-13-23-21(14)18/h3-13H,2H2,1H3. The fraction of sp³-hybridized carbons (Fsp3) is 0.0909. The molecule has 6 nitrogen and oxygen atoms in total. The van der Waals surface area contributed by atoms with Gasteiger partial charge >= 0.3 is 10.1 Å². The summed E-state index contributed by atoms with van der Waals surface area (Å²) >= 11 is 0. The van der Waals surface area contributed by atoms with Gasteiger partial charge < -0.3 is 9.08 Å². The summed E-state index contributed by atoms with van der Waals surface area (Å²) in [5.41, 5.74) is 1.69. The van der Waals surface area contributed by atoms with Crippen molar-refractivity contribution in [2.24, 2.45) is 0 Å². The first kappa shape index (κ1) is 17.6. The van der Waals surface area contributed by atoms with Gasteiger partial charge in [0.15, 0.2) is 5.75 Å². The molecule has 0 unspecified atom stereocenters. The predicted octanol–water partition coefficient (Wildman–Crippen LogP) is 4.14. The van der Waals surface area contributed by atoms with Gasteiger partial charge in [-0.05, 0) is 37.3 Å². The quantitative estimate of drug-likeness (QED) is 0.478. The zero-order chi connectivity index (χ0) is 20.2. The number of nitrogens with zero attached hydrogens (tertiary/aromatic N) is 2. The molecule has 0 spiro atoms. The van der Waals surface area contributed by atoms with Crippen LogP contribution in [0.4, 0.5) is 5.69 Å². The highest BCUT2D eigenvalue weighted by atomic mass is 32.2. The third-order valence-corrected chi connectivity index (χ3v) is 6.42. The summed E-state index contributed by atoms with van der Waals surface area (Å²) in [6.07, 6.45) is 1.59. The number of carbonyl (C=O) groups is 1. The Labute approximate surface area is 167 Å². The lowest BCUT2D eigenvalue weighted by molar-refractivity contribution is 0.0994. The molecule has 0 fully saturated rings. The Bertz CT molecular complexity index is 1410. The van der Waals surface area contributed by atoms with Crippen LogP contribution in [-0.4, -0.2) is 25.9 Å². The molecule has 144 valence electrons. The molecule has 4 aromatic rings.